The molecule has 0 aliphatic carbocycles. The molecule has 1 unspecified atom stereocenters. The van der Waals surface area contributed by atoms with Crippen LogP contribution in [-0.4, -0.2) is 16.5 Å². The summed E-state index contributed by atoms with van der Waals surface area (Å²) in [6.45, 7) is 0.147. The van der Waals surface area contributed by atoms with Crippen LogP contribution in [0.1, 0.15) is 17.2 Å². The van der Waals surface area contributed by atoms with Crippen LogP contribution in [0.15, 0.2) is 30.6 Å². The summed E-state index contributed by atoms with van der Waals surface area (Å²) in [6.07, 6.45) is 2.71. The zero-order valence-corrected chi connectivity index (χ0v) is 10.3. The van der Waals surface area contributed by atoms with Gasteiger partial charge in [0.25, 0.3) is 0 Å². The van der Waals surface area contributed by atoms with Gasteiger partial charge in [-0.05, 0) is 17.7 Å². The summed E-state index contributed by atoms with van der Waals surface area (Å²) in [5.41, 5.74) is 6.42. The first-order valence-electron chi connectivity index (χ1n) is 5.77. The van der Waals surface area contributed by atoms with Crippen LogP contribution >= 0.6 is 0 Å². The second kappa shape index (κ2) is 6.04. The summed E-state index contributed by atoms with van der Waals surface area (Å²) in [5, 5.41) is 11.5. The summed E-state index contributed by atoms with van der Waals surface area (Å²) in [6, 6.07) is 4.98. The lowest BCUT2D eigenvalue weighted by Gasteiger charge is -2.17. The summed E-state index contributed by atoms with van der Waals surface area (Å²) >= 11 is 0. The van der Waals surface area contributed by atoms with E-state index in [0.717, 1.165) is 12.1 Å². The molecule has 0 saturated heterocycles. The largest absolute Gasteiger partial charge is 0.346 e. The molecule has 0 bridgehead atoms. The maximum atomic E-state index is 13.2. The van der Waals surface area contributed by atoms with Gasteiger partial charge in [0.05, 0.1) is 24.0 Å². The monoisotopic (exact) mass is 275 g/mol. The van der Waals surface area contributed by atoms with Gasteiger partial charge in [0.1, 0.15) is 6.07 Å². The molecular formula is C13H11F2N5. The van der Waals surface area contributed by atoms with Crippen molar-refractivity contribution >= 4 is 5.95 Å². The van der Waals surface area contributed by atoms with Crippen molar-refractivity contribution in [2.75, 3.05) is 11.9 Å². The smallest absolute Gasteiger partial charge is 0.223 e. The highest BCUT2D eigenvalue weighted by Crippen LogP contribution is 2.18. The second-order valence-corrected chi connectivity index (χ2v) is 4.01. The molecule has 0 spiro atoms. The molecule has 1 heterocycles. The van der Waals surface area contributed by atoms with E-state index >= 15 is 0 Å². The van der Waals surface area contributed by atoms with Gasteiger partial charge in [-0.15, -0.1) is 0 Å². The number of halogens is 2. The highest BCUT2D eigenvalue weighted by atomic mass is 19.2. The van der Waals surface area contributed by atoms with Gasteiger partial charge in [-0.1, -0.05) is 6.07 Å². The zero-order chi connectivity index (χ0) is 14.5. The van der Waals surface area contributed by atoms with E-state index in [1.54, 1.807) is 0 Å². The highest BCUT2D eigenvalue weighted by Gasteiger charge is 2.13. The van der Waals surface area contributed by atoms with Crippen LogP contribution in [0, 0.1) is 23.0 Å². The summed E-state index contributed by atoms with van der Waals surface area (Å²) in [5.74, 6) is -1.60. The lowest BCUT2D eigenvalue weighted by molar-refractivity contribution is 0.506. The fraction of sp³-hybridized carbons (Fsp3) is 0.154. The number of benzene rings is 1. The topological polar surface area (TPSA) is 87.6 Å². The molecule has 1 aromatic heterocycles. The van der Waals surface area contributed by atoms with Crippen molar-refractivity contribution in [3.63, 3.8) is 0 Å². The molecule has 5 nitrogen and oxygen atoms in total. The Labute approximate surface area is 114 Å². The number of hydrogen-bond donors (Lipinski definition) is 2. The van der Waals surface area contributed by atoms with Gasteiger partial charge >= 0.3 is 0 Å². The average Bonchev–Trinajstić information content (AvgIpc) is 2.48. The lowest BCUT2D eigenvalue weighted by Crippen LogP contribution is -2.22. The minimum atomic E-state index is -0.941. The van der Waals surface area contributed by atoms with Crippen molar-refractivity contribution in [1.82, 2.24) is 9.97 Å². The van der Waals surface area contributed by atoms with Crippen molar-refractivity contribution in [3.05, 3.63) is 53.4 Å². The first-order chi connectivity index (χ1) is 9.63. The van der Waals surface area contributed by atoms with Crippen molar-refractivity contribution in [1.29, 1.82) is 5.26 Å². The van der Waals surface area contributed by atoms with E-state index in [4.69, 9.17) is 11.0 Å². The lowest BCUT2D eigenvalue weighted by atomic mass is 10.1. The Morgan fingerprint density at radius 2 is 1.95 bits per heavy atom. The van der Waals surface area contributed by atoms with E-state index in [1.807, 2.05) is 6.07 Å². The van der Waals surface area contributed by atoms with Crippen LogP contribution in [0.3, 0.4) is 0 Å². The van der Waals surface area contributed by atoms with Crippen molar-refractivity contribution in [3.8, 4) is 6.07 Å². The molecule has 2 rings (SSSR count). The SMILES string of the molecule is N#Cc1cnc(NC(CN)c2ccc(F)c(F)c2)nc1. The highest BCUT2D eigenvalue weighted by molar-refractivity contribution is 5.34. The number of rotatable bonds is 4. The number of nitriles is 1. The van der Waals surface area contributed by atoms with Gasteiger partial charge in [-0.2, -0.15) is 5.26 Å². The van der Waals surface area contributed by atoms with Crippen LogP contribution in [0.2, 0.25) is 0 Å². The Hall–Kier alpha value is -2.59. The molecule has 0 radical (unpaired) electrons. The molecule has 0 aliphatic heterocycles. The molecule has 20 heavy (non-hydrogen) atoms. The van der Waals surface area contributed by atoms with Crippen LogP contribution in [0.4, 0.5) is 14.7 Å². The van der Waals surface area contributed by atoms with Gasteiger partial charge in [0, 0.05) is 6.54 Å². The molecule has 0 amide bonds. The number of nitrogens with two attached hydrogens (primary N) is 1. The molecule has 7 heteroatoms. The van der Waals surface area contributed by atoms with Gasteiger partial charge in [-0.3, -0.25) is 0 Å². The maximum Gasteiger partial charge on any atom is 0.223 e. The van der Waals surface area contributed by atoms with Crippen molar-refractivity contribution in [2.24, 2.45) is 5.73 Å². The van der Waals surface area contributed by atoms with Gasteiger partial charge in [0.15, 0.2) is 11.6 Å². The quantitative estimate of drug-likeness (QED) is 0.887. The van der Waals surface area contributed by atoms with Gasteiger partial charge in [0.2, 0.25) is 5.95 Å². The maximum absolute atomic E-state index is 13.2. The molecule has 0 aliphatic rings. The molecular weight excluding hydrogens is 264 g/mol. The number of nitrogens with one attached hydrogen (secondary N) is 1. The number of hydrogen-bond acceptors (Lipinski definition) is 5. The number of anilines is 1. The van der Waals surface area contributed by atoms with E-state index in [2.05, 4.69) is 15.3 Å². The van der Waals surface area contributed by atoms with E-state index in [9.17, 15) is 8.78 Å². The Morgan fingerprint density at radius 3 is 2.50 bits per heavy atom. The van der Waals surface area contributed by atoms with Gasteiger partial charge < -0.3 is 11.1 Å². The van der Waals surface area contributed by atoms with E-state index in [0.29, 0.717) is 11.1 Å². The minimum Gasteiger partial charge on any atom is -0.346 e. The van der Waals surface area contributed by atoms with E-state index in [-0.39, 0.29) is 12.5 Å². The first-order valence-corrected chi connectivity index (χ1v) is 5.77. The Kier molecular flexibility index (Phi) is 4.17. The van der Waals surface area contributed by atoms with Crippen LogP contribution in [0.5, 0.6) is 0 Å². The van der Waals surface area contributed by atoms with E-state index in [1.165, 1.54) is 18.5 Å². The molecule has 0 saturated carbocycles. The first kappa shape index (κ1) is 13.8. The summed E-state index contributed by atoms with van der Waals surface area (Å²) < 4.78 is 26.1. The fourth-order valence-corrected chi connectivity index (χ4v) is 1.62. The van der Waals surface area contributed by atoms with Crippen molar-refractivity contribution < 1.29 is 8.78 Å². The molecule has 102 valence electrons. The average molecular weight is 275 g/mol. The van der Waals surface area contributed by atoms with Crippen LogP contribution < -0.4 is 11.1 Å². The predicted molar refractivity (Wildman–Crippen MR) is 68.5 cm³/mol. The molecule has 2 aromatic rings. The fourth-order valence-electron chi connectivity index (χ4n) is 1.62. The third-order valence-corrected chi connectivity index (χ3v) is 2.67. The Balaban J connectivity index is 2.19. The number of nitrogens with zero attached hydrogens (tertiary/aromatic N) is 3. The predicted octanol–water partition coefficient (Wildman–Crippen LogP) is 1.74. The Bertz CT molecular complexity index is 636. The van der Waals surface area contributed by atoms with E-state index < -0.39 is 17.7 Å². The normalized spacial score (nSPS) is 11.7. The molecule has 1 aromatic carbocycles. The third kappa shape index (κ3) is 3.05. The van der Waals surface area contributed by atoms with Gasteiger partial charge in [-0.25, -0.2) is 18.7 Å². The molecule has 1 atom stereocenters. The summed E-state index contributed by atoms with van der Waals surface area (Å²) in [4.78, 5) is 7.87. The minimum absolute atomic E-state index is 0.147. The molecule has 0 fully saturated rings. The van der Waals surface area contributed by atoms with Crippen molar-refractivity contribution in [2.45, 2.75) is 6.04 Å². The van der Waals surface area contributed by atoms with Crippen LogP contribution in [-0.2, 0) is 0 Å². The summed E-state index contributed by atoms with van der Waals surface area (Å²) in [7, 11) is 0. The second-order valence-electron chi connectivity index (χ2n) is 4.01. The third-order valence-electron chi connectivity index (χ3n) is 2.67. The Morgan fingerprint density at radius 1 is 1.25 bits per heavy atom. The van der Waals surface area contributed by atoms with Crippen LogP contribution in [0.25, 0.3) is 0 Å². The number of aromatic nitrogens is 2. The molecule has 3 N–H and O–H groups in total. The standard InChI is InChI=1S/C13H11F2N5/c14-10-2-1-9(3-11(10)15)12(5-17)20-13-18-6-8(4-16)7-19-13/h1-3,6-7,12H,5,17H2,(H,18,19,20). The zero-order valence-electron chi connectivity index (χ0n) is 10.3.